The third-order valence-corrected chi connectivity index (χ3v) is 3.66. The van der Waals surface area contributed by atoms with Crippen LogP contribution < -0.4 is 0 Å². The molecule has 0 fully saturated rings. The van der Waals surface area contributed by atoms with Gasteiger partial charge >= 0.3 is 0 Å². The van der Waals surface area contributed by atoms with Crippen molar-refractivity contribution in [2.75, 3.05) is 0 Å². The molecule has 0 saturated heterocycles. The molecule has 0 aliphatic carbocycles. The second-order valence-corrected chi connectivity index (χ2v) is 4.62. The van der Waals surface area contributed by atoms with Crippen LogP contribution in [0.4, 0.5) is 0 Å². The molecule has 0 aliphatic heterocycles. The van der Waals surface area contributed by atoms with E-state index < -0.39 is 0 Å². The Labute approximate surface area is 96.8 Å². The number of fused-ring (bicyclic) bond motifs is 3. The summed E-state index contributed by atoms with van der Waals surface area (Å²) < 4.78 is 1.26. The average Bonchev–Trinajstić information content (AvgIpc) is 2.78. The largest absolute Gasteiger partial charge is 0.252 e. The van der Waals surface area contributed by atoms with Crippen LogP contribution in [0.5, 0.6) is 0 Å². The van der Waals surface area contributed by atoms with E-state index in [1.165, 1.54) is 10.1 Å². The molecule has 3 heteroatoms. The Morgan fingerprint density at radius 2 is 2.12 bits per heavy atom. The molecule has 2 aromatic heterocycles. The van der Waals surface area contributed by atoms with Crippen LogP contribution >= 0.6 is 11.3 Å². The molecule has 0 N–H and O–H groups in total. The molecule has 0 unspecified atom stereocenters. The second-order valence-electron chi connectivity index (χ2n) is 3.70. The monoisotopic (exact) mass is 224 g/mol. The Bertz CT molecular complexity index is 735. The van der Waals surface area contributed by atoms with Crippen molar-refractivity contribution in [2.45, 2.75) is 6.92 Å². The lowest BCUT2D eigenvalue weighted by Crippen LogP contribution is -1.85. The zero-order valence-corrected chi connectivity index (χ0v) is 9.51. The molecule has 3 aromatic rings. The Kier molecular flexibility index (Phi) is 1.92. The standard InChI is InChI=1S/C13H8N2S/c1-8-10-4-5-16-13(10)11-3-2-9(7-14)6-12(11)15-8/h2-6H,1H3. The van der Waals surface area contributed by atoms with Gasteiger partial charge in [0.25, 0.3) is 0 Å². The number of aryl methyl sites for hydroxylation is 1. The van der Waals surface area contributed by atoms with Gasteiger partial charge in [-0.1, -0.05) is 6.07 Å². The fourth-order valence-corrected chi connectivity index (χ4v) is 2.91. The number of pyridine rings is 1. The molecule has 1 aromatic carbocycles. The summed E-state index contributed by atoms with van der Waals surface area (Å²) in [6.07, 6.45) is 0. The highest BCUT2D eigenvalue weighted by atomic mass is 32.1. The first-order valence-corrected chi connectivity index (χ1v) is 5.85. The topological polar surface area (TPSA) is 36.7 Å². The predicted molar refractivity (Wildman–Crippen MR) is 66.6 cm³/mol. The highest BCUT2D eigenvalue weighted by Crippen LogP contribution is 2.30. The van der Waals surface area contributed by atoms with E-state index in [-0.39, 0.29) is 0 Å². The van der Waals surface area contributed by atoms with Gasteiger partial charge in [-0.2, -0.15) is 5.26 Å². The summed E-state index contributed by atoms with van der Waals surface area (Å²) in [7, 11) is 0. The minimum absolute atomic E-state index is 0.662. The zero-order chi connectivity index (χ0) is 11.1. The summed E-state index contributed by atoms with van der Waals surface area (Å²) in [6, 6.07) is 9.92. The molecular formula is C13H8N2S. The van der Waals surface area contributed by atoms with Crippen LogP contribution in [0.3, 0.4) is 0 Å². The van der Waals surface area contributed by atoms with Crippen LogP contribution in [-0.4, -0.2) is 4.98 Å². The highest BCUT2D eigenvalue weighted by Gasteiger charge is 2.06. The van der Waals surface area contributed by atoms with Crippen molar-refractivity contribution in [1.29, 1.82) is 5.26 Å². The molecule has 3 rings (SSSR count). The maximum absolute atomic E-state index is 8.86. The number of nitrogens with zero attached hydrogens (tertiary/aromatic N) is 2. The number of hydrogen-bond donors (Lipinski definition) is 0. The normalized spacial score (nSPS) is 10.8. The number of aromatic nitrogens is 1. The van der Waals surface area contributed by atoms with Crippen molar-refractivity contribution < 1.29 is 0 Å². The van der Waals surface area contributed by atoms with E-state index in [1.807, 2.05) is 25.1 Å². The van der Waals surface area contributed by atoms with Gasteiger partial charge in [0, 0.05) is 21.2 Å². The van der Waals surface area contributed by atoms with E-state index in [0.29, 0.717) is 5.56 Å². The van der Waals surface area contributed by atoms with Crippen LogP contribution in [0.2, 0.25) is 0 Å². The molecular weight excluding hydrogens is 216 g/mol. The fourth-order valence-electron chi connectivity index (χ4n) is 1.93. The summed E-state index contributed by atoms with van der Waals surface area (Å²) in [5.41, 5.74) is 2.60. The molecule has 0 spiro atoms. The number of rotatable bonds is 0. The molecule has 2 heterocycles. The number of benzene rings is 1. The number of thiophene rings is 1. The van der Waals surface area contributed by atoms with Crippen molar-refractivity contribution in [3.63, 3.8) is 0 Å². The Hall–Kier alpha value is -1.92. The van der Waals surface area contributed by atoms with Crippen LogP contribution in [0.1, 0.15) is 11.3 Å². The number of nitriles is 1. The van der Waals surface area contributed by atoms with Crippen LogP contribution in [-0.2, 0) is 0 Å². The Morgan fingerprint density at radius 3 is 2.94 bits per heavy atom. The Balaban J connectivity index is 2.54. The summed E-state index contributed by atoms with van der Waals surface area (Å²) in [4.78, 5) is 4.54. The van der Waals surface area contributed by atoms with Gasteiger partial charge in [0.15, 0.2) is 0 Å². The maximum atomic E-state index is 8.86. The van der Waals surface area contributed by atoms with E-state index in [4.69, 9.17) is 5.26 Å². The maximum Gasteiger partial charge on any atom is 0.0992 e. The summed E-state index contributed by atoms with van der Waals surface area (Å²) in [6.45, 7) is 2.01. The minimum Gasteiger partial charge on any atom is -0.252 e. The molecule has 0 atom stereocenters. The number of hydrogen-bond acceptors (Lipinski definition) is 3. The van der Waals surface area contributed by atoms with E-state index >= 15 is 0 Å². The van der Waals surface area contributed by atoms with E-state index in [0.717, 1.165) is 16.6 Å². The van der Waals surface area contributed by atoms with Crippen LogP contribution in [0.25, 0.3) is 21.0 Å². The van der Waals surface area contributed by atoms with Crippen LogP contribution in [0.15, 0.2) is 29.6 Å². The van der Waals surface area contributed by atoms with Gasteiger partial charge in [-0.3, -0.25) is 4.98 Å². The third kappa shape index (κ3) is 1.21. The molecule has 0 amide bonds. The summed E-state index contributed by atoms with van der Waals surface area (Å²) in [5, 5.41) is 13.3. The lowest BCUT2D eigenvalue weighted by atomic mass is 10.1. The summed E-state index contributed by atoms with van der Waals surface area (Å²) >= 11 is 1.72. The minimum atomic E-state index is 0.662. The van der Waals surface area contributed by atoms with E-state index in [2.05, 4.69) is 22.5 Å². The highest BCUT2D eigenvalue weighted by molar-refractivity contribution is 7.18. The molecule has 0 aliphatic rings. The molecule has 16 heavy (non-hydrogen) atoms. The lowest BCUT2D eigenvalue weighted by molar-refractivity contribution is 1.29. The van der Waals surface area contributed by atoms with Gasteiger partial charge in [-0.05, 0) is 30.5 Å². The molecule has 76 valence electrons. The van der Waals surface area contributed by atoms with Crippen molar-refractivity contribution in [1.82, 2.24) is 4.98 Å². The fraction of sp³-hybridized carbons (Fsp3) is 0.0769. The SMILES string of the molecule is Cc1nc2cc(C#N)ccc2c2sccc12. The average molecular weight is 224 g/mol. The van der Waals surface area contributed by atoms with Gasteiger partial charge in [0.05, 0.1) is 17.1 Å². The third-order valence-electron chi connectivity index (χ3n) is 2.71. The smallest absolute Gasteiger partial charge is 0.0992 e. The van der Waals surface area contributed by atoms with Gasteiger partial charge < -0.3 is 0 Å². The van der Waals surface area contributed by atoms with Gasteiger partial charge in [0.1, 0.15) is 0 Å². The van der Waals surface area contributed by atoms with Gasteiger partial charge in [0.2, 0.25) is 0 Å². The molecule has 2 nitrogen and oxygen atoms in total. The van der Waals surface area contributed by atoms with Crippen molar-refractivity contribution in [3.05, 3.63) is 40.9 Å². The van der Waals surface area contributed by atoms with E-state index in [1.54, 1.807) is 11.3 Å². The second kappa shape index (κ2) is 3.29. The quantitative estimate of drug-likeness (QED) is 0.584. The van der Waals surface area contributed by atoms with Gasteiger partial charge in [-0.15, -0.1) is 11.3 Å². The van der Waals surface area contributed by atoms with Crippen LogP contribution in [0, 0.1) is 18.3 Å². The lowest BCUT2D eigenvalue weighted by Gasteiger charge is -2.02. The first-order valence-electron chi connectivity index (χ1n) is 4.97. The van der Waals surface area contributed by atoms with E-state index in [9.17, 15) is 0 Å². The zero-order valence-electron chi connectivity index (χ0n) is 8.69. The van der Waals surface area contributed by atoms with Crippen molar-refractivity contribution >= 4 is 32.3 Å². The van der Waals surface area contributed by atoms with Gasteiger partial charge in [-0.25, -0.2) is 0 Å². The van der Waals surface area contributed by atoms with Crippen molar-refractivity contribution in [2.24, 2.45) is 0 Å². The van der Waals surface area contributed by atoms with Crippen molar-refractivity contribution in [3.8, 4) is 6.07 Å². The molecule has 0 radical (unpaired) electrons. The first kappa shape index (κ1) is 9.32. The molecule has 0 saturated carbocycles. The summed E-state index contributed by atoms with van der Waals surface area (Å²) in [5.74, 6) is 0. The molecule has 0 bridgehead atoms. The predicted octanol–water partition coefficient (Wildman–Crippen LogP) is 3.63. The Morgan fingerprint density at radius 1 is 1.25 bits per heavy atom. The first-order chi connectivity index (χ1) is 7.79.